The number of carbonyl (C=O) groups excluding carboxylic acids is 1. The smallest absolute Gasteiger partial charge is 0.258 e. The zero-order valence-electron chi connectivity index (χ0n) is 19.7. The van der Waals surface area contributed by atoms with E-state index in [9.17, 15) is 9.90 Å². The first-order valence-corrected chi connectivity index (χ1v) is 12.3. The van der Waals surface area contributed by atoms with E-state index in [-0.39, 0.29) is 31.3 Å². The van der Waals surface area contributed by atoms with Gasteiger partial charge in [-0.2, -0.15) is 0 Å². The number of rotatable bonds is 10. The van der Waals surface area contributed by atoms with Gasteiger partial charge in [0.25, 0.3) is 5.91 Å². The highest BCUT2D eigenvalue weighted by Gasteiger charge is 2.24. The molecule has 33 heavy (non-hydrogen) atoms. The highest BCUT2D eigenvalue weighted by molar-refractivity contribution is 7.42. The van der Waals surface area contributed by atoms with E-state index < -0.39 is 11.7 Å². The van der Waals surface area contributed by atoms with E-state index in [1.54, 1.807) is 11.6 Å². The highest BCUT2D eigenvalue weighted by Crippen LogP contribution is 2.23. The second-order valence-corrected chi connectivity index (χ2v) is 10.5. The van der Waals surface area contributed by atoms with E-state index in [1.807, 2.05) is 26.0 Å². The van der Waals surface area contributed by atoms with E-state index in [1.165, 1.54) is 17.5 Å². The van der Waals surface area contributed by atoms with Crippen molar-refractivity contribution in [1.29, 1.82) is 5.41 Å². The third-order valence-electron chi connectivity index (χ3n) is 4.52. The van der Waals surface area contributed by atoms with Crippen molar-refractivity contribution >= 4 is 48.6 Å². The van der Waals surface area contributed by atoms with Gasteiger partial charge in [-0.05, 0) is 37.8 Å². The van der Waals surface area contributed by atoms with Crippen LogP contribution in [-0.4, -0.2) is 40.7 Å². The molecule has 1 unspecified atom stereocenters. The van der Waals surface area contributed by atoms with Crippen LogP contribution in [0.5, 0.6) is 0 Å². The van der Waals surface area contributed by atoms with Crippen molar-refractivity contribution in [3.05, 3.63) is 51.7 Å². The number of hydrogen-bond donors (Lipinski definition) is 4. The fourth-order valence-corrected chi connectivity index (χ4v) is 4.13. The summed E-state index contributed by atoms with van der Waals surface area (Å²) >= 11 is 1.18. The minimum atomic E-state index is -0.590. The molecule has 1 aromatic heterocycles. The molecule has 2 rings (SSSR count). The van der Waals surface area contributed by atoms with Gasteiger partial charge in [0.15, 0.2) is 5.76 Å². The SMILES string of the molecule is CCOPc1cc(C)ccc1N=C(N)/C(C(=O)NCCC(C)(C)C)=C(\O)C(=N)c1cncs1. The summed E-state index contributed by atoms with van der Waals surface area (Å²) in [6, 6.07) is 5.63. The summed E-state index contributed by atoms with van der Waals surface area (Å²) in [6.07, 6.45) is 2.18. The summed E-state index contributed by atoms with van der Waals surface area (Å²) in [7, 11) is 0.0621. The first-order valence-electron chi connectivity index (χ1n) is 10.6. The molecular formula is C23H32N5O3PS. The first-order chi connectivity index (χ1) is 15.5. The topological polar surface area (TPSA) is 134 Å². The molecule has 0 saturated heterocycles. The quantitative estimate of drug-likeness (QED) is 0.131. The van der Waals surface area contributed by atoms with Crippen LogP contribution in [0.1, 0.15) is 44.6 Å². The lowest BCUT2D eigenvalue weighted by Crippen LogP contribution is -2.35. The number of allylic oxidation sites excluding steroid dienone is 1. The molecule has 0 aliphatic rings. The van der Waals surface area contributed by atoms with Crippen LogP contribution in [0, 0.1) is 17.7 Å². The number of aliphatic imine (C=N–C) groups is 1. The number of aromatic nitrogens is 1. The van der Waals surface area contributed by atoms with Crippen molar-refractivity contribution in [3.63, 3.8) is 0 Å². The Balaban J connectivity index is 2.47. The zero-order valence-corrected chi connectivity index (χ0v) is 21.5. The lowest BCUT2D eigenvalue weighted by atomic mass is 9.92. The Labute approximate surface area is 200 Å². The molecule has 1 amide bonds. The maximum absolute atomic E-state index is 13.1. The summed E-state index contributed by atoms with van der Waals surface area (Å²) in [5, 5.41) is 22.8. The molecule has 1 heterocycles. The molecule has 0 aliphatic heterocycles. The van der Waals surface area contributed by atoms with Crippen LogP contribution >= 0.6 is 20.1 Å². The van der Waals surface area contributed by atoms with Crippen LogP contribution in [0.3, 0.4) is 0 Å². The third-order valence-corrected chi connectivity index (χ3v) is 6.36. The minimum absolute atomic E-state index is 0.0190. The number of aliphatic hydroxyl groups excluding tert-OH is 1. The molecule has 1 atom stereocenters. The van der Waals surface area contributed by atoms with E-state index in [0.717, 1.165) is 17.3 Å². The van der Waals surface area contributed by atoms with Crippen molar-refractivity contribution < 1.29 is 14.4 Å². The first kappa shape index (κ1) is 26.6. The van der Waals surface area contributed by atoms with Gasteiger partial charge in [-0.3, -0.25) is 15.2 Å². The van der Waals surface area contributed by atoms with Gasteiger partial charge in [0.2, 0.25) is 0 Å². The maximum atomic E-state index is 13.1. The van der Waals surface area contributed by atoms with Crippen LogP contribution < -0.4 is 16.4 Å². The van der Waals surface area contributed by atoms with Crippen LogP contribution in [0.4, 0.5) is 5.69 Å². The Bertz CT molecular complexity index is 1040. The Hall–Kier alpha value is -2.61. The summed E-state index contributed by atoms with van der Waals surface area (Å²) in [6.45, 7) is 11.0. The van der Waals surface area contributed by atoms with Gasteiger partial charge >= 0.3 is 0 Å². The Kier molecular flexibility index (Phi) is 9.70. The standard InChI is InChI=1S/C23H32N5O3PS/c1-6-31-32-16-11-14(2)7-8-15(16)28-21(25)18(22(30)27-10-9-23(3,4)5)20(29)19(24)17-12-26-13-33-17/h7-8,11-13,24,29,32H,6,9-10H2,1-5H3,(H2,25,28)(H,27,30)/b20-18+,24-19?. The zero-order chi connectivity index (χ0) is 24.6. The number of thiazole rings is 1. The molecule has 2 aromatic rings. The van der Waals surface area contributed by atoms with Gasteiger partial charge in [-0.1, -0.05) is 32.4 Å². The van der Waals surface area contributed by atoms with E-state index in [2.05, 4.69) is 36.1 Å². The Morgan fingerprint density at radius 3 is 2.73 bits per heavy atom. The molecule has 5 N–H and O–H groups in total. The molecular weight excluding hydrogens is 457 g/mol. The van der Waals surface area contributed by atoms with Crippen molar-refractivity contribution in [3.8, 4) is 0 Å². The maximum Gasteiger partial charge on any atom is 0.258 e. The van der Waals surface area contributed by atoms with Gasteiger partial charge in [0.1, 0.15) is 17.1 Å². The molecule has 0 saturated carbocycles. The molecule has 0 bridgehead atoms. The fraction of sp³-hybridized carbons (Fsp3) is 0.391. The highest BCUT2D eigenvalue weighted by atomic mass is 32.1. The molecule has 178 valence electrons. The number of nitrogens with one attached hydrogen (secondary N) is 2. The van der Waals surface area contributed by atoms with Crippen molar-refractivity contribution in [2.24, 2.45) is 16.1 Å². The lowest BCUT2D eigenvalue weighted by Gasteiger charge is -2.19. The van der Waals surface area contributed by atoms with Crippen molar-refractivity contribution in [1.82, 2.24) is 10.3 Å². The number of carbonyl (C=O) groups is 1. The summed E-state index contributed by atoms with van der Waals surface area (Å²) in [5.41, 5.74) is 8.93. The van der Waals surface area contributed by atoms with Gasteiger partial charge in [-0.15, -0.1) is 11.3 Å². The van der Waals surface area contributed by atoms with Crippen LogP contribution in [0.2, 0.25) is 0 Å². The number of aliphatic hydroxyl groups is 1. The summed E-state index contributed by atoms with van der Waals surface area (Å²) in [4.78, 5) is 21.9. The molecule has 0 fully saturated rings. The Morgan fingerprint density at radius 2 is 2.12 bits per heavy atom. The van der Waals surface area contributed by atoms with Gasteiger partial charge in [-0.25, -0.2) is 4.99 Å². The van der Waals surface area contributed by atoms with Crippen LogP contribution in [0.15, 0.2) is 46.2 Å². The molecule has 10 heteroatoms. The number of benzene rings is 1. The Morgan fingerprint density at radius 1 is 1.39 bits per heavy atom. The van der Waals surface area contributed by atoms with E-state index >= 15 is 0 Å². The van der Waals surface area contributed by atoms with Gasteiger partial charge in [0.05, 0.1) is 16.1 Å². The average Bonchev–Trinajstić information content (AvgIpc) is 3.27. The minimum Gasteiger partial charge on any atom is -0.505 e. The summed E-state index contributed by atoms with van der Waals surface area (Å²) < 4.78 is 5.56. The van der Waals surface area contributed by atoms with Crippen molar-refractivity contribution in [2.45, 2.75) is 41.0 Å². The van der Waals surface area contributed by atoms with Crippen molar-refractivity contribution in [2.75, 3.05) is 13.2 Å². The number of aryl methyl sites for hydroxylation is 1. The number of hydrogen-bond acceptors (Lipinski definition) is 7. The lowest BCUT2D eigenvalue weighted by molar-refractivity contribution is -0.117. The molecule has 1 aromatic carbocycles. The largest absolute Gasteiger partial charge is 0.505 e. The third kappa shape index (κ3) is 8.03. The monoisotopic (exact) mass is 489 g/mol. The normalized spacial score (nSPS) is 13.3. The average molecular weight is 490 g/mol. The number of amidine groups is 1. The second kappa shape index (κ2) is 12.0. The summed E-state index contributed by atoms with van der Waals surface area (Å²) in [5.74, 6) is -1.32. The van der Waals surface area contributed by atoms with Crippen LogP contribution in [0.25, 0.3) is 0 Å². The second-order valence-electron chi connectivity index (χ2n) is 8.58. The van der Waals surface area contributed by atoms with E-state index in [4.69, 9.17) is 15.7 Å². The predicted molar refractivity (Wildman–Crippen MR) is 138 cm³/mol. The van der Waals surface area contributed by atoms with Gasteiger partial charge < -0.3 is 20.7 Å². The number of amides is 1. The fourth-order valence-electron chi connectivity index (χ4n) is 2.73. The van der Waals surface area contributed by atoms with Crippen LogP contribution in [-0.2, 0) is 9.32 Å². The number of nitrogens with zero attached hydrogens (tertiary/aromatic N) is 2. The molecule has 0 aliphatic carbocycles. The van der Waals surface area contributed by atoms with E-state index in [0.29, 0.717) is 23.7 Å². The predicted octanol–water partition coefficient (Wildman–Crippen LogP) is 4.13. The molecule has 0 spiro atoms. The number of nitrogens with two attached hydrogens (primary N) is 1. The molecule has 0 radical (unpaired) electrons. The molecule has 8 nitrogen and oxygen atoms in total. The van der Waals surface area contributed by atoms with Gasteiger partial charge in [0, 0.05) is 33.5 Å².